The average molecular weight is 502 g/mol. The molecule has 0 fully saturated rings. The highest BCUT2D eigenvalue weighted by molar-refractivity contribution is 9.10. The lowest BCUT2D eigenvalue weighted by Crippen LogP contribution is -2.27. The second kappa shape index (κ2) is 10.1. The van der Waals surface area contributed by atoms with E-state index in [4.69, 9.17) is 9.57 Å². The van der Waals surface area contributed by atoms with Gasteiger partial charge in [0, 0.05) is 31.8 Å². The fraction of sp³-hybridized carbons (Fsp3) is 0.500. The fourth-order valence-electron chi connectivity index (χ4n) is 2.77. The molecule has 1 amide bonds. The smallest absolute Gasteiger partial charge is 0.280 e. The second-order valence-corrected chi connectivity index (χ2v) is 14.7. The van der Waals surface area contributed by atoms with Crippen LogP contribution in [0.15, 0.2) is 22.8 Å². The molecule has 1 heterocycles. The Morgan fingerprint density at radius 3 is 2.67 bits per heavy atom. The van der Waals surface area contributed by atoms with Gasteiger partial charge in [0.25, 0.3) is 5.91 Å². The van der Waals surface area contributed by atoms with Crippen LogP contribution >= 0.6 is 15.9 Å². The number of rotatable bonds is 9. The van der Waals surface area contributed by atoms with Crippen molar-refractivity contribution in [3.63, 3.8) is 0 Å². The van der Waals surface area contributed by atoms with E-state index < -0.39 is 25.9 Å². The summed E-state index contributed by atoms with van der Waals surface area (Å²) in [5.74, 6) is -0.855. The molecule has 30 heavy (non-hydrogen) atoms. The minimum absolute atomic E-state index is 0.0820. The zero-order valence-electron chi connectivity index (χ0n) is 18.2. The Labute approximate surface area is 185 Å². The van der Waals surface area contributed by atoms with E-state index in [9.17, 15) is 14.3 Å². The van der Waals surface area contributed by atoms with E-state index in [0.717, 1.165) is 11.1 Å². The van der Waals surface area contributed by atoms with Crippen LogP contribution in [-0.4, -0.2) is 54.7 Å². The number of hydroxylamine groups is 2. The zero-order chi connectivity index (χ0) is 22.6. The summed E-state index contributed by atoms with van der Waals surface area (Å²) in [7, 11) is 1.59. The lowest BCUT2D eigenvalue weighted by molar-refractivity contribution is -0.0759. The Morgan fingerprint density at radius 2 is 2.07 bits per heavy atom. The Bertz CT molecular complexity index is 901. The van der Waals surface area contributed by atoms with Gasteiger partial charge in [0.2, 0.25) is 0 Å². The van der Waals surface area contributed by atoms with Gasteiger partial charge in [-0.3, -0.25) is 9.63 Å². The first-order valence-electron chi connectivity index (χ1n) is 9.56. The van der Waals surface area contributed by atoms with Gasteiger partial charge in [0.05, 0.1) is 24.6 Å². The number of aromatic nitrogens is 2. The van der Waals surface area contributed by atoms with E-state index in [1.165, 1.54) is 37.2 Å². The first-order valence-corrected chi connectivity index (χ1v) is 14.1. The summed E-state index contributed by atoms with van der Waals surface area (Å²) in [6.45, 7) is 9.02. The third-order valence-electron chi connectivity index (χ3n) is 4.78. The summed E-state index contributed by atoms with van der Waals surface area (Å²) in [6.07, 6.45) is 0.147. The second-order valence-electron chi connectivity index (χ2n) is 8.25. The molecule has 0 saturated heterocycles. The van der Waals surface area contributed by atoms with Crippen molar-refractivity contribution >= 4 is 29.9 Å². The first-order chi connectivity index (χ1) is 14.0. The van der Waals surface area contributed by atoms with Crippen molar-refractivity contribution in [3.8, 4) is 0 Å². The lowest BCUT2D eigenvalue weighted by Gasteiger charge is -2.20. The van der Waals surface area contributed by atoms with Crippen LogP contribution in [0.25, 0.3) is 0 Å². The monoisotopic (exact) mass is 501 g/mol. The Hall–Kier alpha value is -1.59. The van der Waals surface area contributed by atoms with Gasteiger partial charge < -0.3 is 9.84 Å². The normalized spacial score (nSPS) is 12.8. The van der Waals surface area contributed by atoms with Crippen molar-refractivity contribution in [2.75, 3.05) is 20.8 Å². The van der Waals surface area contributed by atoms with Gasteiger partial charge in [0.15, 0.2) is 0 Å². The molecular weight excluding hydrogens is 473 g/mol. The van der Waals surface area contributed by atoms with Crippen LogP contribution in [-0.2, 0) is 16.3 Å². The van der Waals surface area contributed by atoms with Crippen molar-refractivity contribution < 1.29 is 23.9 Å². The topological polar surface area (TPSA) is 76.8 Å². The molecule has 1 unspecified atom stereocenters. The van der Waals surface area contributed by atoms with Gasteiger partial charge in [-0.1, -0.05) is 41.6 Å². The number of ether oxygens (including phenoxy) is 1. The molecule has 0 saturated carbocycles. The van der Waals surface area contributed by atoms with E-state index in [1.807, 2.05) is 0 Å². The van der Waals surface area contributed by atoms with Gasteiger partial charge in [-0.15, -0.1) is 0 Å². The van der Waals surface area contributed by atoms with Gasteiger partial charge >= 0.3 is 0 Å². The molecule has 1 aromatic carbocycles. The summed E-state index contributed by atoms with van der Waals surface area (Å²) in [6, 6.07) is 3.74. The third-order valence-corrected chi connectivity index (χ3v) is 7.54. The van der Waals surface area contributed by atoms with Gasteiger partial charge in [0.1, 0.15) is 18.7 Å². The number of hydrogen-bond donors (Lipinski definition) is 1. The summed E-state index contributed by atoms with van der Waals surface area (Å²) < 4.78 is 21.5. The SMILES string of the molecule is CON(C)C(=O)c1cnn(COCC[Si](C)(C)C)c1C(O)c1ccc(F)c(C)c1Br. The van der Waals surface area contributed by atoms with Gasteiger partial charge in [-0.05, 0) is 24.6 Å². The minimum atomic E-state index is -1.26. The molecule has 2 aromatic rings. The third kappa shape index (κ3) is 5.76. The predicted molar refractivity (Wildman–Crippen MR) is 118 cm³/mol. The molecule has 1 N–H and O–H groups in total. The molecule has 0 aliphatic heterocycles. The molecule has 0 aliphatic carbocycles. The highest BCUT2D eigenvalue weighted by atomic mass is 79.9. The molecule has 0 aliphatic rings. The molecule has 0 spiro atoms. The highest BCUT2D eigenvalue weighted by Gasteiger charge is 2.28. The van der Waals surface area contributed by atoms with E-state index >= 15 is 0 Å². The van der Waals surface area contributed by atoms with Crippen LogP contribution in [0.4, 0.5) is 4.39 Å². The molecular formula is C20H29BrFN3O4Si. The molecule has 1 aromatic heterocycles. The summed E-state index contributed by atoms with van der Waals surface area (Å²) in [5.41, 5.74) is 1.22. The maximum Gasteiger partial charge on any atom is 0.280 e. The predicted octanol–water partition coefficient (Wildman–Crippen LogP) is 4.12. The Balaban J connectivity index is 2.41. The molecule has 7 nitrogen and oxygen atoms in total. The highest BCUT2D eigenvalue weighted by Crippen LogP contribution is 2.33. The number of hydrogen-bond acceptors (Lipinski definition) is 5. The lowest BCUT2D eigenvalue weighted by atomic mass is 10.0. The molecule has 2 rings (SSSR count). The van der Waals surface area contributed by atoms with Crippen LogP contribution in [0.1, 0.15) is 33.3 Å². The molecule has 1 atom stereocenters. The van der Waals surface area contributed by atoms with Crippen molar-refractivity contribution in [1.29, 1.82) is 0 Å². The molecule has 0 radical (unpaired) electrons. The standard InChI is InChI=1S/C20H29BrFN3O4Si/c1-13-16(22)8-7-14(17(13)21)19(26)18-15(20(27)24(2)28-3)11-23-25(18)12-29-9-10-30(4,5)6/h7-8,11,19,26H,9-10,12H2,1-6H3. The largest absolute Gasteiger partial charge is 0.382 e. The van der Waals surface area contributed by atoms with E-state index in [0.29, 0.717) is 22.2 Å². The van der Waals surface area contributed by atoms with Crippen molar-refractivity contribution in [3.05, 3.63) is 51.0 Å². The van der Waals surface area contributed by atoms with Crippen LogP contribution in [0.2, 0.25) is 25.7 Å². The van der Waals surface area contributed by atoms with Crippen LogP contribution in [0.5, 0.6) is 0 Å². The van der Waals surface area contributed by atoms with Crippen LogP contribution in [0.3, 0.4) is 0 Å². The number of aliphatic hydroxyl groups is 1. The maximum absolute atomic E-state index is 13.9. The van der Waals surface area contributed by atoms with Crippen LogP contribution in [0, 0.1) is 12.7 Å². The number of carbonyl (C=O) groups excluding carboxylic acids is 1. The Kier molecular flexibility index (Phi) is 8.34. The first kappa shape index (κ1) is 24.7. The number of halogens is 2. The summed E-state index contributed by atoms with van der Waals surface area (Å²) >= 11 is 3.36. The van der Waals surface area contributed by atoms with Crippen molar-refractivity contribution in [1.82, 2.24) is 14.8 Å². The van der Waals surface area contributed by atoms with Crippen molar-refractivity contribution in [2.45, 2.75) is 45.4 Å². The average Bonchev–Trinajstić information content (AvgIpc) is 3.11. The quantitative estimate of drug-likeness (QED) is 0.317. The number of carbonyl (C=O) groups is 1. The zero-order valence-corrected chi connectivity index (χ0v) is 20.8. The number of benzene rings is 1. The molecule has 0 bridgehead atoms. The number of aliphatic hydroxyl groups excluding tert-OH is 1. The van der Waals surface area contributed by atoms with Gasteiger partial charge in [-0.2, -0.15) is 5.10 Å². The van der Waals surface area contributed by atoms with Crippen molar-refractivity contribution in [2.24, 2.45) is 0 Å². The van der Waals surface area contributed by atoms with Gasteiger partial charge in [-0.25, -0.2) is 14.1 Å². The van der Waals surface area contributed by atoms with Crippen LogP contribution < -0.4 is 0 Å². The maximum atomic E-state index is 13.9. The van der Waals surface area contributed by atoms with E-state index in [2.05, 4.69) is 40.7 Å². The number of nitrogens with zero attached hydrogens (tertiary/aromatic N) is 3. The minimum Gasteiger partial charge on any atom is -0.382 e. The molecule has 166 valence electrons. The fourth-order valence-corrected chi connectivity index (χ4v) is 4.07. The summed E-state index contributed by atoms with van der Waals surface area (Å²) in [5, 5.41) is 16.5. The number of amides is 1. The van der Waals surface area contributed by atoms with E-state index in [1.54, 1.807) is 6.92 Å². The summed E-state index contributed by atoms with van der Waals surface area (Å²) in [4.78, 5) is 17.7. The van der Waals surface area contributed by atoms with E-state index in [-0.39, 0.29) is 18.0 Å². The Morgan fingerprint density at radius 1 is 1.40 bits per heavy atom. The molecule has 10 heteroatoms.